The van der Waals surface area contributed by atoms with E-state index in [0.717, 1.165) is 13.1 Å². The number of likely N-dealkylation sites (N-methyl/N-ethyl adjacent to an activating group) is 1. The molecule has 0 heterocycles. The average molecular weight is 143 g/mol. The first-order valence-electron chi connectivity index (χ1n) is 3.00. The molecule has 0 saturated carbocycles. The molecule has 0 atom stereocenters. The van der Waals surface area contributed by atoms with Crippen LogP contribution in [0, 0.1) is 0 Å². The van der Waals surface area contributed by atoms with Gasteiger partial charge in [0.05, 0.1) is 6.54 Å². The Kier molecular flexibility index (Phi) is 5.56. The molecule has 10 heavy (non-hydrogen) atoms. The minimum Gasteiger partial charge on any atom is -0.308 e. The Morgan fingerprint density at radius 1 is 1.50 bits per heavy atom. The molecule has 0 spiro atoms. The lowest BCUT2D eigenvalue weighted by Crippen LogP contribution is -2.15. The minimum absolute atomic E-state index is 0.728. The van der Waals surface area contributed by atoms with E-state index in [1.807, 2.05) is 19.0 Å². The molecule has 58 valence electrons. The Morgan fingerprint density at radius 3 is 2.70 bits per heavy atom. The van der Waals surface area contributed by atoms with Gasteiger partial charge in [-0.3, -0.25) is 4.99 Å². The summed E-state index contributed by atoms with van der Waals surface area (Å²) in [4.78, 5) is 5.93. The van der Waals surface area contributed by atoms with Crippen molar-refractivity contribution >= 4 is 6.34 Å². The van der Waals surface area contributed by atoms with E-state index in [-0.39, 0.29) is 0 Å². The molecular formula is C5H13N5. The molecule has 0 aliphatic heterocycles. The Balaban J connectivity index is 3.18. The molecule has 5 nitrogen and oxygen atoms in total. The second-order valence-corrected chi connectivity index (χ2v) is 2.06. The zero-order chi connectivity index (χ0) is 7.82. The Morgan fingerprint density at radius 2 is 2.20 bits per heavy atom. The van der Waals surface area contributed by atoms with Crippen molar-refractivity contribution in [1.29, 1.82) is 0 Å². The highest BCUT2D eigenvalue weighted by Crippen LogP contribution is 1.74. The first kappa shape index (κ1) is 9.03. The van der Waals surface area contributed by atoms with Crippen molar-refractivity contribution in [2.75, 3.05) is 27.2 Å². The normalized spacial score (nSPS) is 12.3. The highest BCUT2D eigenvalue weighted by Gasteiger charge is 1.83. The number of rotatable bonds is 4. The summed E-state index contributed by atoms with van der Waals surface area (Å²) in [6.45, 7) is 1.64. The van der Waals surface area contributed by atoms with E-state index in [4.69, 9.17) is 5.84 Å². The molecule has 0 aliphatic carbocycles. The van der Waals surface area contributed by atoms with Gasteiger partial charge in [0.1, 0.15) is 6.34 Å². The second kappa shape index (κ2) is 6.15. The summed E-state index contributed by atoms with van der Waals surface area (Å²) in [6.07, 6.45) is 1.35. The third-order valence-electron chi connectivity index (χ3n) is 0.876. The summed E-state index contributed by atoms with van der Waals surface area (Å²) in [5.41, 5.74) is 0. The van der Waals surface area contributed by atoms with Crippen LogP contribution in [0.25, 0.3) is 0 Å². The average Bonchev–Trinajstić information content (AvgIpc) is 1.87. The monoisotopic (exact) mass is 143 g/mol. The summed E-state index contributed by atoms with van der Waals surface area (Å²) >= 11 is 0. The van der Waals surface area contributed by atoms with E-state index in [1.54, 1.807) is 0 Å². The van der Waals surface area contributed by atoms with Crippen LogP contribution < -0.4 is 5.84 Å². The highest BCUT2D eigenvalue weighted by atomic mass is 15.3. The van der Waals surface area contributed by atoms with Gasteiger partial charge in [0.15, 0.2) is 0 Å². The van der Waals surface area contributed by atoms with Crippen LogP contribution in [-0.4, -0.2) is 38.4 Å². The molecule has 0 fully saturated rings. The van der Waals surface area contributed by atoms with Gasteiger partial charge in [-0.05, 0) is 14.1 Å². The zero-order valence-electron chi connectivity index (χ0n) is 6.36. The first-order valence-corrected chi connectivity index (χ1v) is 3.00. The van der Waals surface area contributed by atoms with E-state index in [2.05, 4.69) is 15.3 Å². The van der Waals surface area contributed by atoms with Crippen molar-refractivity contribution in [3.8, 4) is 0 Å². The van der Waals surface area contributed by atoms with Gasteiger partial charge in [0.25, 0.3) is 0 Å². The van der Waals surface area contributed by atoms with E-state index < -0.39 is 0 Å². The van der Waals surface area contributed by atoms with Gasteiger partial charge in [-0.1, -0.05) is 5.22 Å². The van der Waals surface area contributed by atoms with Gasteiger partial charge in [0, 0.05) is 6.54 Å². The summed E-state index contributed by atoms with van der Waals surface area (Å²) in [6, 6.07) is 0. The molecule has 0 aliphatic rings. The smallest absolute Gasteiger partial charge is 0.134 e. The Labute approximate surface area is 60.6 Å². The van der Waals surface area contributed by atoms with Crippen LogP contribution in [0.15, 0.2) is 15.3 Å². The lowest BCUT2D eigenvalue weighted by atomic mass is 10.6. The Bertz CT molecular complexity index is 117. The molecule has 0 aromatic heterocycles. The molecule has 0 radical (unpaired) electrons. The third-order valence-corrected chi connectivity index (χ3v) is 0.876. The van der Waals surface area contributed by atoms with Crippen LogP contribution in [-0.2, 0) is 0 Å². The fourth-order valence-corrected chi connectivity index (χ4v) is 0.382. The van der Waals surface area contributed by atoms with Crippen molar-refractivity contribution in [1.82, 2.24) is 4.90 Å². The fraction of sp³-hybridized carbons (Fsp3) is 0.800. The third kappa shape index (κ3) is 7.03. The molecule has 0 aromatic carbocycles. The molecule has 0 saturated heterocycles. The number of nitrogens with two attached hydrogens (primary N) is 1. The van der Waals surface area contributed by atoms with Gasteiger partial charge in [-0.25, -0.2) is 0 Å². The molecule has 0 bridgehead atoms. The zero-order valence-corrected chi connectivity index (χ0v) is 6.36. The molecule has 0 amide bonds. The number of hydrogen-bond donors (Lipinski definition) is 1. The van der Waals surface area contributed by atoms with Crippen molar-refractivity contribution in [2.45, 2.75) is 0 Å². The van der Waals surface area contributed by atoms with Crippen molar-refractivity contribution in [3.63, 3.8) is 0 Å². The topological polar surface area (TPSA) is 66.3 Å². The summed E-state index contributed by atoms with van der Waals surface area (Å²) < 4.78 is 0. The minimum atomic E-state index is 0.728. The predicted octanol–water partition coefficient (Wildman–Crippen LogP) is -0.0978. The maximum atomic E-state index is 4.73. The highest BCUT2D eigenvalue weighted by molar-refractivity contribution is 5.54. The van der Waals surface area contributed by atoms with Crippen molar-refractivity contribution < 1.29 is 0 Å². The van der Waals surface area contributed by atoms with Crippen LogP contribution in [0.2, 0.25) is 0 Å². The lowest BCUT2D eigenvalue weighted by Gasteiger charge is -2.04. The van der Waals surface area contributed by atoms with Gasteiger partial charge < -0.3 is 10.7 Å². The summed E-state index contributed by atoms with van der Waals surface area (Å²) in [7, 11) is 3.97. The second-order valence-electron chi connectivity index (χ2n) is 2.06. The van der Waals surface area contributed by atoms with Crippen molar-refractivity contribution in [2.24, 2.45) is 21.2 Å². The van der Waals surface area contributed by atoms with E-state index in [1.165, 1.54) is 6.34 Å². The Hall–Kier alpha value is -0.970. The fourth-order valence-electron chi connectivity index (χ4n) is 0.382. The molecular weight excluding hydrogens is 130 g/mol. The molecule has 0 aromatic rings. The van der Waals surface area contributed by atoms with Crippen LogP contribution in [0.1, 0.15) is 0 Å². The maximum Gasteiger partial charge on any atom is 0.134 e. The molecule has 0 unspecified atom stereocenters. The van der Waals surface area contributed by atoms with E-state index in [0.29, 0.717) is 0 Å². The van der Waals surface area contributed by atoms with E-state index in [9.17, 15) is 0 Å². The van der Waals surface area contributed by atoms with Gasteiger partial charge in [-0.2, -0.15) is 0 Å². The number of nitrogens with zero attached hydrogens (tertiary/aromatic N) is 4. The molecule has 2 N–H and O–H groups in total. The number of hydrogen-bond acceptors (Lipinski definition) is 3. The lowest BCUT2D eigenvalue weighted by molar-refractivity contribution is 0.420. The SMILES string of the molecule is CN(C)CCN=CN=NN. The largest absolute Gasteiger partial charge is 0.308 e. The quantitative estimate of drug-likeness (QED) is 0.196. The molecule has 5 heteroatoms. The van der Waals surface area contributed by atoms with Gasteiger partial charge in [0.2, 0.25) is 0 Å². The van der Waals surface area contributed by atoms with Crippen LogP contribution >= 0.6 is 0 Å². The summed E-state index contributed by atoms with van der Waals surface area (Å²) in [5, 5.41) is 6.38. The van der Waals surface area contributed by atoms with Crippen LogP contribution in [0.3, 0.4) is 0 Å². The van der Waals surface area contributed by atoms with Crippen molar-refractivity contribution in [3.05, 3.63) is 0 Å². The predicted molar refractivity (Wildman–Crippen MR) is 41.0 cm³/mol. The van der Waals surface area contributed by atoms with E-state index >= 15 is 0 Å². The first-order chi connectivity index (χ1) is 4.77. The molecule has 0 rings (SSSR count). The summed E-state index contributed by atoms with van der Waals surface area (Å²) in [5.74, 6) is 4.73. The standard InChI is InChI=1S/C5H13N5/c1-10(2)4-3-7-5-8-9-6/h5H,3-4H2,1-2H3,(H2,6,7,8). The van der Waals surface area contributed by atoms with Gasteiger partial charge >= 0.3 is 0 Å². The van der Waals surface area contributed by atoms with Crippen LogP contribution in [0.5, 0.6) is 0 Å². The maximum absolute atomic E-state index is 4.73. The van der Waals surface area contributed by atoms with Gasteiger partial charge in [-0.15, -0.1) is 5.11 Å². The number of aliphatic imine (C=N–C) groups is 1. The van der Waals surface area contributed by atoms with Crippen LogP contribution in [0.4, 0.5) is 0 Å².